The van der Waals surface area contributed by atoms with Crippen LogP contribution in [0.4, 0.5) is 8.78 Å². The predicted molar refractivity (Wildman–Crippen MR) is 126 cm³/mol. The quantitative estimate of drug-likeness (QED) is 0.380. The molecule has 0 aliphatic heterocycles. The van der Waals surface area contributed by atoms with E-state index in [1.54, 1.807) is 19.3 Å². The van der Waals surface area contributed by atoms with E-state index >= 15 is 0 Å². The van der Waals surface area contributed by atoms with Gasteiger partial charge in [-0.3, -0.25) is 19.1 Å². The lowest BCUT2D eigenvalue weighted by Crippen LogP contribution is -2.22. The third-order valence-corrected chi connectivity index (χ3v) is 5.90. The van der Waals surface area contributed by atoms with Crippen LogP contribution < -0.4 is 10.4 Å². The molecule has 0 saturated carbocycles. The van der Waals surface area contributed by atoms with Crippen LogP contribution in [0, 0.1) is 17.6 Å². The largest absolute Gasteiger partial charge is 0.496 e. The summed E-state index contributed by atoms with van der Waals surface area (Å²) in [4.78, 5) is 21.1. The van der Waals surface area contributed by atoms with E-state index in [4.69, 9.17) is 4.74 Å². The van der Waals surface area contributed by atoms with Gasteiger partial charge in [0.1, 0.15) is 11.4 Å². The van der Waals surface area contributed by atoms with Crippen LogP contribution in [0.3, 0.4) is 0 Å². The Labute approximate surface area is 189 Å². The molecular formula is C25H24F2N4O2. The van der Waals surface area contributed by atoms with Crippen LogP contribution in [-0.2, 0) is 7.05 Å². The van der Waals surface area contributed by atoms with Crippen molar-refractivity contribution < 1.29 is 13.5 Å². The van der Waals surface area contributed by atoms with Crippen molar-refractivity contribution >= 4 is 27.5 Å². The first-order valence-corrected chi connectivity index (χ1v) is 10.5. The Morgan fingerprint density at radius 3 is 2.55 bits per heavy atom. The van der Waals surface area contributed by atoms with E-state index < -0.39 is 23.0 Å². The lowest BCUT2D eigenvalue weighted by Gasteiger charge is -2.14. The molecule has 33 heavy (non-hydrogen) atoms. The maximum Gasteiger partial charge on any atom is 0.333 e. The molecule has 1 unspecified atom stereocenters. The number of rotatable bonds is 6. The fourth-order valence-electron chi connectivity index (χ4n) is 3.94. The van der Waals surface area contributed by atoms with Crippen molar-refractivity contribution in [1.82, 2.24) is 19.1 Å². The topological polar surface area (TPSA) is 61.9 Å². The van der Waals surface area contributed by atoms with Gasteiger partial charge in [0.25, 0.3) is 0 Å². The first-order chi connectivity index (χ1) is 15.8. The van der Waals surface area contributed by atoms with Crippen LogP contribution in [0.2, 0.25) is 0 Å². The zero-order valence-electron chi connectivity index (χ0n) is 18.9. The molecule has 3 heterocycles. The summed E-state index contributed by atoms with van der Waals surface area (Å²) in [6.45, 7) is 8.13. The summed E-state index contributed by atoms with van der Waals surface area (Å²) in [5, 5.41) is 0.550. The Hall–Kier alpha value is -3.81. The Kier molecular flexibility index (Phi) is 5.84. The van der Waals surface area contributed by atoms with E-state index in [2.05, 4.69) is 36.5 Å². The van der Waals surface area contributed by atoms with Gasteiger partial charge in [-0.15, -0.1) is 0 Å². The molecule has 0 saturated heterocycles. The average molecular weight is 450 g/mol. The van der Waals surface area contributed by atoms with Crippen molar-refractivity contribution in [1.29, 1.82) is 0 Å². The van der Waals surface area contributed by atoms with Crippen LogP contribution in [0.25, 0.3) is 33.2 Å². The summed E-state index contributed by atoms with van der Waals surface area (Å²) >= 11 is 0. The molecule has 4 aromatic rings. The fraction of sp³-hybridized carbons (Fsp3) is 0.240. The van der Waals surface area contributed by atoms with Gasteiger partial charge < -0.3 is 4.74 Å². The molecule has 0 radical (unpaired) electrons. The van der Waals surface area contributed by atoms with Crippen molar-refractivity contribution in [2.75, 3.05) is 7.11 Å². The first kappa shape index (κ1) is 22.4. The second-order valence-corrected chi connectivity index (χ2v) is 7.90. The SMILES string of the molecule is C=C/C(=C\C(C)CC)c1cc2c(cc1OC)ncc1c2n(-c2c(F)cncc2F)c(=O)n1C. The van der Waals surface area contributed by atoms with Gasteiger partial charge in [-0.2, -0.15) is 0 Å². The second-order valence-electron chi connectivity index (χ2n) is 7.90. The lowest BCUT2D eigenvalue weighted by molar-refractivity contribution is 0.414. The lowest BCUT2D eigenvalue weighted by atomic mass is 9.97. The summed E-state index contributed by atoms with van der Waals surface area (Å²) in [5.74, 6) is -1.00. The van der Waals surface area contributed by atoms with Crippen molar-refractivity contribution in [3.05, 3.63) is 77.1 Å². The van der Waals surface area contributed by atoms with Gasteiger partial charge in [-0.1, -0.05) is 39.0 Å². The van der Waals surface area contributed by atoms with Crippen LogP contribution >= 0.6 is 0 Å². The molecule has 3 aromatic heterocycles. The number of ether oxygens (including phenoxy) is 1. The summed E-state index contributed by atoms with van der Waals surface area (Å²) in [5.41, 5.74) is 1.81. The molecule has 0 amide bonds. The van der Waals surface area contributed by atoms with Crippen molar-refractivity contribution in [2.24, 2.45) is 13.0 Å². The number of fused-ring (bicyclic) bond motifs is 3. The third kappa shape index (κ3) is 3.61. The van der Waals surface area contributed by atoms with Gasteiger partial charge in [0, 0.05) is 24.1 Å². The number of aryl methyl sites for hydroxylation is 1. The molecule has 1 atom stereocenters. The van der Waals surface area contributed by atoms with E-state index in [0.29, 0.717) is 33.6 Å². The first-order valence-electron chi connectivity index (χ1n) is 10.5. The number of halogens is 2. The molecule has 0 fully saturated rings. The van der Waals surface area contributed by atoms with Gasteiger partial charge in [-0.25, -0.2) is 13.6 Å². The van der Waals surface area contributed by atoms with Crippen molar-refractivity contribution in [2.45, 2.75) is 20.3 Å². The summed E-state index contributed by atoms with van der Waals surface area (Å²) in [6.07, 6.45) is 8.04. The van der Waals surface area contributed by atoms with E-state index in [-0.39, 0.29) is 0 Å². The van der Waals surface area contributed by atoms with Crippen molar-refractivity contribution in [3.63, 3.8) is 0 Å². The number of imidazole rings is 1. The minimum absolute atomic E-state index is 0.294. The molecular weight excluding hydrogens is 426 g/mol. The maximum atomic E-state index is 14.7. The fourth-order valence-corrected chi connectivity index (χ4v) is 3.94. The maximum absolute atomic E-state index is 14.7. The highest BCUT2D eigenvalue weighted by molar-refractivity contribution is 6.05. The average Bonchev–Trinajstić information content (AvgIpc) is 3.06. The Bertz CT molecular complexity index is 1460. The van der Waals surface area contributed by atoms with Gasteiger partial charge in [0.05, 0.1) is 42.3 Å². The van der Waals surface area contributed by atoms with Crippen LogP contribution in [-0.4, -0.2) is 26.2 Å². The van der Waals surface area contributed by atoms with Gasteiger partial charge in [0.2, 0.25) is 0 Å². The highest BCUT2D eigenvalue weighted by Crippen LogP contribution is 2.35. The van der Waals surface area contributed by atoms with E-state index in [0.717, 1.165) is 34.5 Å². The van der Waals surface area contributed by atoms with Gasteiger partial charge >= 0.3 is 5.69 Å². The number of nitrogens with zero attached hydrogens (tertiary/aromatic N) is 4. The summed E-state index contributed by atoms with van der Waals surface area (Å²) in [7, 11) is 3.10. The molecule has 8 heteroatoms. The van der Waals surface area contributed by atoms with Crippen LogP contribution in [0.1, 0.15) is 25.8 Å². The highest BCUT2D eigenvalue weighted by Gasteiger charge is 2.22. The number of hydrogen-bond acceptors (Lipinski definition) is 4. The molecule has 4 rings (SSSR count). The molecule has 0 N–H and O–H groups in total. The third-order valence-electron chi connectivity index (χ3n) is 5.90. The van der Waals surface area contributed by atoms with Crippen LogP contribution in [0.15, 0.2) is 54.2 Å². The molecule has 0 spiro atoms. The molecule has 0 aliphatic carbocycles. The molecule has 0 bridgehead atoms. The molecule has 1 aromatic carbocycles. The number of methoxy groups -OCH3 is 1. The minimum Gasteiger partial charge on any atom is -0.496 e. The number of aromatic nitrogens is 4. The highest BCUT2D eigenvalue weighted by atomic mass is 19.1. The van der Waals surface area contributed by atoms with Gasteiger partial charge in [-0.05, 0) is 17.6 Å². The second kappa shape index (κ2) is 8.61. The zero-order chi connectivity index (χ0) is 23.9. The molecule has 6 nitrogen and oxygen atoms in total. The number of allylic oxidation sites excluding steroid dienone is 3. The number of benzene rings is 1. The van der Waals surface area contributed by atoms with Crippen LogP contribution in [0.5, 0.6) is 5.75 Å². The monoisotopic (exact) mass is 450 g/mol. The number of pyridine rings is 2. The Morgan fingerprint density at radius 1 is 1.24 bits per heavy atom. The van der Waals surface area contributed by atoms with E-state index in [1.807, 2.05) is 6.07 Å². The molecule has 170 valence electrons. The number of hydrogen-bond donors (Lipinski definition) is 0. The van der Waals surface area contributed by atoms with Gasteiger partial charge in [0.15, 0.2) is 11.6 Å². The smallest absolute Gasteiger partial charge is 0.333 e. The van der Waals surface area contributed by atoms with Crippen molar-refractivity contribution in [3.8, 4) is 11.4 Å². The minimum atomic E-state index is -0.938. The summed E-state index contributed by atoms with van der Waals surface area (Å²) in [6, 6.07) is 3.57. The Morgan fingerprint density at radius 2 is 1.94 bits per heavy atom. The standard InChI is InChI=1S/C25H24F2N4O2/c1-6-14(3)8-15(7-2)16-9-17-20(10-22(16)33-5)29-13-21-23(17)31(25(32)30(21)4)24-18(26)11-28-12-19(24)27/h7-14H,2,6H2,1,3-5H3/b15-8+. The van der Waals surface area contributed by atoms with E-state index in [9.17, 15) is 13.6 Å². The summed E-state index contributed by atoms with van der Waals surface area (Å²) < 4.78 is 37.3. The molecule has 0 aliphatic rings. The Balaban J connectivity index is 2.18. The van der Waals surface area contributed by atoms with E-state index in [1.165, 1.54) is 17.8 Å². The normalized spacial score (nSPS) is 13.0. The predicted octanol–water partition coefficient (Wildman–Crippen LogP) is 5.17. The zero-order valence-corrected chi connectivity index (χ0v) is 18.9.